The van der Waals surface area contributed by atoms with Crippen LogP contribution in [-0.2, 0) is 0 Å². The average molecular weight is 455 g/mol. The molecule has 1 saturated carbocycles. The van der Waals surface area contributed by atoms with Crippen LogP contribution in [0.1, 0.15) is 36.0 Å². The van der Waals surface area contributed by atoms with Gasteiger partial charge in [0.25, 0.3) is 5.91 Å². The molecule has 2 N–H and O–H groups in total. The van der Waals surface area contributed by atoms with Gasteiger partial charge in [0.1, 0.15) is 0 Å². The fourth-order valence-electron chi connectivity index (χ4n) is 4.18. The number of anilines is 1. The molecule has 5 rings (SSSR count). The minimum atomic E-state index is -0.249. The molecule has 7 heteroatoms. The molecule has 34 heavy (non-hydrogen) atoms. The van der Waals surface area contributed by atoms with E-state index in [0.717, 1.165) is 24.0 Å². The summed E-state index contributed by atoms with van der Waals surface area (Å²) in [5, 5.41) is 10.3. The molecule has 7 nitrogen and oxygen atoms in total. The highest BCUT2D eigenvalue weighted by Gasteiger charge is 2.20. The topological polar surface area (TPSA) is 89.1 Å². The van der Waals surface area contributed by atoms with E-state index < -0.39 is 0 Å². The van der Waals surface area contributed by atoms with Crippen molar-refractivity contribution >= 4 is 11.6 Å². The summed E-state index contributed by atoms with van der Waals surface area (Å²) in [7, 11) is 1.59. The summed E-state index contributed by atoms with van der Waals surface area (Å²) < 4.78 is 11.6. The highest BCUT2D eigenvalue weighted by molar-refractivity contribution is 6.06. The molecule has 0 radical (unpaired) electrons. The first-order chi connectivity index (χ1) is 16.7. The zero-order valence-electron chi connectivity index (χ0n) is 19.0. The number of rotatable bonds is 7. The summed E-state index contributed by atoms with van der Waals surface area (Å²) in [4.78, 5) is 17.7. The molecule has 172 valence electrons. The largest absolute Gasteiger partial charge is 0.493 e. The van der Waals surface area contributed by atoms with E-state index in [4.69, 9.17) is 9.47 Å². The van der Waals surface area contributed by atoms with Crippen molar-refractivity contribution in [2.75, 3.05) is 12.4 Å². The number of ether oxygens (including phenoxy) is 2. The maximum Gasteiger partial charge on any atom is 0.255 e. The zero-order chi connectivity index (χ0) is 23.3. The third-order valence-electron chi connectivity index (χ3n) is 5.97. The van der Waals surface area contributed by atoms with E-state index in [1.54, 1.807) is 25.3 Å². The minimum Gasteiger partial charge on any atom is -0.493 e. The summed E-state index contributed by atoms with van der Waals surface area (Å²) in [6, 6.07) is 22.5. The molecule has 0 saturated heterocycles. The third kappa shape index (κ3) is 4.64. The van der Waals surface area contributed by atoms with Crippen molar-refractivity contribution in [2.24, 2.45) is 0 Å². The number of aromatic amines is 1. The Kier molecular flexibility index (Phi) is 6.25. The SMILES string of the molecule is COc1cc(C(=O)Nc2ccccc2-c2nc(-c3ccccc3)n[nH]2)ccc1OC1CCCC1. The maximum atomic E-state index is 13.1. The van der Waals surface area contributed by atoms with Gasteiger partial charge in [0.15, 0.2) is 23.1 Å². The van der Waals surface area contributed by atoms with E-state index in [1.807, 2.05) is 54.6 Å². The molecule has 1 aromatic heterocycles. The van der Waals surface area contributed by atoms with Gasteiger partial charge in [-0.05, 0) is 56.0 Å². The molecule has 3 aromatic carbocycles. The van der Waals surface area contributed by atoms with Gasteiger partial charge in [-0.3, -0.25) is 9.89 Å². The number of H-pyrrole nitrogens is 1. The van der Waals surface area contributed by atoms with Crippen molar-refractivity contribution in [1.82, 2.24) is 15.2 Å². The molecule has 0 atom stereocenters. The second-order valence-corrected chi connectivity index (χ2v) is 8.26. The summed E-state index contributed by atoms with van der Waals surface area (Å²) in [6.07, 6.45) is 4.68. The number of benzene rings is 3. The van der Waals surface area contributed by atoms with E-state index in [1.165, 1.54) is 12.8 Å². The Morgan fingerprint density at radius 3 is 2.53 bits per heavy atom. The van der Waals surface area contributed by atoms with Crippen molar-refractivity contribution in [3.8, 4) is 34.3 Å². The molecule has 1 aliphatic carbocycles. The molecule has 1 heterocycles. The number of hydrogen-bond acceptors (Lipinski definition) is 5. The monoisotopic (exact) mass is 454 g/mol. The van der Waals surface area contributed by atoms with Gasteiger partial charge in [-0.2, -0.15) is 5.10 Å². The first-order valence-corrected chi connectivity index (χ1v) is 11.4. The fourth-order valence-corrected chi connectivity index (χ4v) is 4.18. The molecular weight excluding hydrogens is 428 g/mol. The predicted octanol–water partition coefficient (Wildman–Crippen LogP) is 5.72. The lowest BCUT2D eigenvalue weighted by molar-refractivity contribution is 0.102. The first-order valence-electron chi connectivity index (χ1n) is 11.4. The van der Waals surface area contributed by atoms with Crippen LogP contribution in [0.2, 0.25) is 0 Å². The number of carbonyl (C=O) groups is 1. The van der Waals surface area contributed by atoms with E-state index in [-0.39, 0.29) is 12.0 Å². The van der Waals surface area contributed by atoms with Crippen molar-refractivity contribution < 1.29 is 14.3 Å². The molecule has 0 unspecified atom stereocenters. The van der Waals surface area contributed by atoms with Crippen LogP contribution in [0.5, 0.6) is 11.5 Å². The van der Waals surface area contributed by atoms with E-state index >= 15 is 0 Å². The Balaban J connectivity index is 1.36. The fraction of sp³-hybridized carbons (Fsp3) is 0.222. The summed E-state index contributed by atoms with van der Waals surface area (Å²) in [5.74, 6) is 2.14. The number of para-hydroxylation sites is 1. The van der Waals surface area contributed by atoms with Gasteiger partial charge in [0.05, 0.1) is 18.9 Å². The van der Waals surface area contributed by atoms with Crippen LogP contribution in [0.25, 0.3) is 22.8 Å². The maximum absolute atomic E-state index is 13.1. The third-order valence-corrected chi connectivity index (χ3v) is 5.97. The van der Waals surface area contributed by atoms with Crippen LogP contribution in [0.4, 0.5) is 5.69 Å². The molecule has 0 aliphatic heterocycles. The predicted molar refractivity (Wildman–Crippen MR) is 131 cm³/mol. The lowest BCUT2D eigenvalue weighted by atomic mass is 10.1. The smallest absolute Gasteiger partial charge is 0.255 e. The van der Waals surface area contributed by atoms with Crippen molar-refractivity contribution in [3.05, 3.63) is 78.4 Å². The van der Waals surface area contributed by atoms with E-state index in [9.17, 15) is 4.79 Å². The zero-order valence-corrected chi connectivity index (χ0v) is 19.0. The lowest BCUT2D eigenvalue weighted by Crippen LogP contribution is -2.14. The summed E-state index contributed by atoms with van der Waals surface area (Å²) in [5.41, 5.74) is 2.78. The standard InChI is InChI=1S/C27H26N4O3/c1-33-24-17-19(15-16-23(24)34-20-11-5-6-12-20)27(32)28-22-14-8-7-13-21(22)26-29-25(30-31-26)18-9-3-2-4-10-18/h2-4,7-10,13-17,20H,5-6,11-12H2,1H3,(H,28,32)(H,29,30,31). The normalized spacial score (nSPS) is 13.6. The van der Waals surface area contributed by atoms with Gasteiger partial charge in [0.2, 0.25) is 0 Å². The molecule has 4 aromatic rings. The quantitative estimate of drug-likeness (QED) is 0.373. The number of nitrogens with zero attached hydrogens (tertiary/aromatic N) is 2. The Bertz CT molecular complexity index is 1280. The van der Waals surface area contributed by atoms with Crippen molar-refractivity contribution in [1.29, 1.82) is 0 Å². The number of aromatic nitrogens is 3. The van der Waals surface area contributed by atoms with Gasteiger partial charge >= 0.3 is 0 Å². The Hall–Kier alpha value is -4.13. The average Bonchev–Trinajstić information content (AvgIpc) is 3.58. The molecule has 0 bridgehead atoms. The lowest BCUT2D eigenvalue weighted by Gasteiger charge is -2.16. The van der Waals surface area contributed by atoms with Crippen LogP contribution in [0.15, 0.2) is 72.8 Å². The summed E-state index contributed by atoms with van der Waals surface area (Å²) >= 11 is 0. The Morgan fingerprint density at radius 1 is 0.971 bits per heavy atom. The molecule has 1 amide bonds. The van der Waals surface area contributed by atoms with Crippen LogP contribution >= 0.6 is 0 Å². The number of hydrogen-bond donors (Lipinski definition) is 2. The second kappa shape index (κ2) is 9.79. The number of nitrogens with one attached hydrogen (secondary N) is 2. The van der Waals surface area contributed by atoms with Crippen molar-refractivity contribution in [2.45, 2.75) is 31.8 Å². The number of carbonyl (C=O) groups excluding carboxylic acids is 1. The number of methoxy groups -OCH3 is 1. The van der Waals surface area contributed by atoms with Crippen LogP contribution < -0.4 is 14.8 Å². The van der Waals surface area contributed by atoms with Crippen LogP contribution in [0, 0.1) is 0 Å². The van der Waals surface area contributed by atoms with Gasteiger partial charge in [-0.25, -0.2) is 4.98 Å². The highest BCUT2D eigenvalue weighted by Crippen LogP contribution is 2.33. The van der Waals surface area contributed by atoms with Crippen LogP contribution in [0.3, 0.4) is 0 Å². The number of amides is 1. The van der Waals surface area contributed by atoms with Crippen LogP contribution in [-0.4, -0.2) is 34.3 Å². The van der Waals surface area contributed by atoms with Gasteiger partial charge in [-0.15, -0.1) is 0 Å². The van der Waals surface area contributed by atoms with E-state index in [0.29, 0.717) is 34.4 Å². The van der Waals surface area contributed by atoms with Crippen molar-refractivity contribution in [3.63, 3.8) is 0 Å². The van der Waals surface area contributed by atoms with Gasteiger partial charge in [0, 0.05) is 16.7 Å². The molecule has 0 spiro atoms. The first kappa shape index (κ1) is 21.7. The second-order valence-electron chi connectivity index (χ2n) is 8.26. The molecule has 1 aliphatic rings. The minimum absolute atomic E-state index is 0.211. The molecule has 1 fully saturated rings. The van der Waals surface area contributed by atoms with Gasteiger partial charge < -0.3 is 14.8 Å². The van der Waals surface area contributed by atoms with E-state index in [2.05, 4.69) is 20.5 Å². The highest BCUT2D eigenvalue weighted by atomic mass is 16.5. The Labute approximate surface area is 198 Å². The summed E-state index contributed by atoms with van der Waals surface area (Å²) in [6.45, 7) is 0. The molecular formula is C27H26N4O3. The Morgan fingerprint density at radius 2 is 1.74 bits per heavy atom. The van der Waals surface area contributed by atoms with Gasteiger partial charge in [-0.1, -0.05) is 42.5 Å².